The zero-order chi connectivity index (χ0) is 26.2. The number of nitrogens with zero attached hydrogens (tertiary/aromatic N) is 3. The molecule has 1 amide bonds. The van der Waals surface area contributed by atoms with Crippen LogP contribution in [0.2, 0.25) is 0 Å². The van der Waals surface area contributed by atoms with Gasteiger partial charge in [-0.3, -0.25) is 14.8 Å². The SMILES string of the molecule is COc1cccc(F)c1CN1C[C@@H](C)C[C@@H](NC(=O)c2ccc3[nH]nc(C4=CN5C=CNC5C=C4)c3c2)C1. The third kappa shape index (κ3) is 4.65. The lowest BCUT2D eigenvalue weighted by Crippen LogP contribution is -2.50. The second-order valence-electron chi connectivity index (χ2n) is 10.3. The van der Waals surface area contributed by atoms with E-state index in [0.717, 1.165) is 35.1 Å². The topological polar surface area (TPSA) is 85.5 Å². The van der Waals surface area contributed by atoms with Crippen LogP contribution in [0, 0.1) is 11.7 Å². The van der Waals surface area contributed by atoms with E-state index in [1.165, 1.54) is 6.07 Å². The highest BCUT2D eigenvalue weighted by Crippen LogP contribution is 2.29. The maximum atomic E-state index is 14.5. The number of likely N-dealkylation sites (tertiary alicyclic amines) is 1. The lowest BCUT2D eigenvalue weighted by Gasteiger charge is -2.37. The largest absolute Gasteiger partial charge is 0.496 e. The summed E-state index contributed by atoms with van der Waals surface area (Å²) in [5.74, 6) is 0.505. The smallest absolute Gasteiger partial charge is 0.251 e. The number of rotatable bonds is 6. The van der Waals surface area contributed by atoms with Crippen molar-refractivity contribution in [3.8, 4) is 5.75 Å². The highest BCUT2D eigenvalue weighted by molar-refractivity contribution is 6.01. The molecule has 4 heterocycles. The van der Waals surface area contributed by atoms with Gasteiger partial charge in [0.25, 0.3) is 5.91 Å². The number of methoxy groups -OCH3 is 1. The van der Waals surface area contributed by atoms with Gasteiger partial charge in [-0.05, 0) is 48.7 Å². The van der Waals surface area contributed by atoms with Gasteiger partial charge in [-0.25, -0.2) is 4.39 Å². The molecule has 196 valence electrons. The Hall–Kier alpha value is -4.11. The minimum absolute atomic E-state index is 0.0427. The van der Waals surface area contributed by atoms with Gasteiger partial charge in [-0.1, -0.05) is 19.1 Å². The van der Waals surface area contributed by atoms with Crippen molar-refractivity contribution in [2.75, 3.05) is 20.2 Å². The molecule has 1 saturated heterocycles. The standard InChI is InChI=1S/C29H31FN6O2/c1-18-12-21(16-35(14-18)17-23-24(30)4-3-5-26(23)38-2)32-29(37)19-6-8-25-22(13-19)28(34-33-25)20-7-9-27-31-10-11-36(27)15-20/h3-11,13,15,18,21,27,31H,12,14,16-17H2,1-2H3,(H,32,37)(H,33,34)/t18-,21+,27?/m0/s1. The van der Waals surface area contributed by atoms with Crippen molar-refractivity contribution < 1.29 is 13.9 Å². The Morgan fingerprint density at radius 2 is 2.16 bits per heavy atom. The molecule has 0 bridgehead atoms. The molecule has 2 aromatic carbocycles. The number of aromatic nitrogens is 2. The van der Waals surface area contributed by atoms with Gasteiger partial charge < -0.3 is 20.3 Å². The summed E-state index contributed by atoms with van der Waals surface area (Å²) in [7, 11) is 1.56. The molecular formula is C29H31FN6O2. The molecule has 3 aliphatic heterocycles. The first-order valence-corrected chi connectivity index (χ1v) is 12.9. The van der Waals surface area contributed by atoms with Crippen molar-refractivity contribution in [1.82, 2.24) is 30.6 Å². The number of benzene rings is 2. The molecule has 1 aromatic heterocycles. The Labute approximate surface area is 220 Å². The minimum Gasteiger partial charge on any atom is -0.496 e. The number of hydrogen-bond donors (Lipinski definition) is 3. The molecule has 3 N–H and O–H groups in total. The van der Waals surface area contributed by atoms with Gasteiger partial charge in [0.15, 0.2) is 0 Å². The Morgan fingerprint density at radius 1 is 1.26 bits per heavy atom. The van der Waals surface area contributed by atoms with Crippen LogP contribution >= 0.6 is 0 Å². The molecule has 6 rings (SSSR count). The predicted molar refractivity (Wildman–Crippen MR) is 144 cm³/mol. The maximum Gasteiger partial charge on any atom is 0.251 e. The summed E-state index contributed by atoms with van der Waals surface area (Å²) in [5.41, 5.74) is 3.78. The number of hydrogen-bond acceptors (Lipinski definition) is 6. The Kier molecular flexibility index (Phi) is 6.37. The average Bonchev–Trinajstić information content (AvgIpc) is 3.55. The van der Waals surface area contributed by atoms with Crippen LogP contribution in [0.3, 0.4) is 0 Å². The van der Waals surface area contributed by atoms with Crippen molar-refractivity contribution in [2.24, 2.45) is 5.92 Å². The zero-order valence-electron chi connectivity index (χ0n) is 21.4. The number of carbonyl (C=O) groups is 1. The molecule has 38 heavy (non-hydrogen) atoms. The zero-order valence-corrected chi connectivity index (χ0v) is 21.4. The third-order valence-corrected chi connectivity index (χ3v) is 7.43. The lowest BCUT2D eigenvalue weighted by molar-refractivity contribution is 0.0868. The molecule has 1 fully saturated rings. The van der Waals surface area contributed by atoms with Crippen LogP contribution in [0.25, 0.3) is 16.5 Å². The molecule has 0 spiro atoms. The Balaban J connectivity index is 1.18. The van der Waals surface area contributed by atoms with Crippen molar-refractivity contribution in [1.29, 1.82) is 0 Å². The molecule has 0 saturated carbocycles. The summed E-state index contributed by atoms with van der Waals surface area (Å²) >= 11 is 0. The second-order valence-corrected chi connectivity index (χ2v) is 10.3. The van der Waals surface area contributed by atoms with Crippen molar-refractivity contribution in [3.05, 3.63) is 89.8 Å². The van der Waals surface area contributed by atoms with E-state index in [0.29, 0.717) is 35.9 Å². The van der Waals surface area contributed by atoms with E-state index in [-0.39, 0.29) is 23.9 Å². The van der Waals surface area contributed by atoms with E-state index in [2.05, 4.69) is 43.6 Å². The van der Waals surface area contributed by atoms with E-state index >= 15 is 0 Å². The molecule has 1 unspecified atom stereocenters. The summed E-state index contributed by atoms with van der Waals surface area (Å²) in [4.78, 5) is 17.6. The highest BCUT2D eigenvalue weighted by atomic mass is 19.1. The van der Waals surface area contributed by atoms with Gasteiger partial charge >= 0.3 is 0 Å². The van der Waals surface area contributed by atoms with Gasteiger partial charge in [0.2, 0.25) is 0 Å². The van der Waals surface area contributed by atoms with E-state index in [9.17, 15) is 9.18 Å². The molecule has 9 heteroatoms. The van der Waals surface area contributed by atoms with Crippen LogP contribution in [0.15, 0.2) is 67.2 Å². The van der Waals surface area contributed by atoms with Crippen LogP contribution in [-0.4, -0.2) is 58.3 Å². The summed E-state index contributed by atoms with van der Waals surface area (Å²) in [5, 5.41) is 15.0. The number of H-pyrrole nitrogens is 1. The van der Waals surface area contributed by atoms with Gasteiger partial charge in [0, 0.05) is 66.4 Å². The van der Waals surface area contributed by atoms with Crippen LogP contribution in [0.5, 0.6) is 5.75 Å². The van der Waals surface area contributed by atoms with Crippen molar-refractivity contribution in [3.63, 3.8) is 0 Å². The molecule has 8 nitrogen and oxygen atoms in total. The fourth-order valence-electron chi connectivity index (χ4n) is 5.67. The van der Waals surface area contributed by atoms with Crippen LogP contribution in [0.1, 0.15) is 35.0 Å². The fraction of sp³-hybridized carbons (Fsp3) is 0.310. The molecule has 3 atom stereocenters. The summed E-state index contributed by atoms with van der Waals surface area (Å²) in [6.45, 7) is 4.07. The predicted octanol–water partition coefficient (Wildman–Crippen LogP) is 3.96. The van der Waals surface area contributed by atoms with E-state index in [4.69, 9.17) is 4.74 Å². The molecular weight excluding hydrogens is 483 g/mol. The van der Waals surface area contributed by atoms with Gasteiger partial charge in [-0.15, -0.1) is 0 Å². The van der Waals surface area contributed by atoms with Crippen molar-refractivity contribution in [2.45, 2.75) is 32.1 Å². The van der Waals surface area contributed by atoms with E-state index < -0.39 is 0 Å². The normalized spacial score (nSPS) is 22.8. The van der Waals surface area contributed by atoms with E-state index in [1.54, 1.807) is 19.2 Å². The first kappa shape index (κ1) is 24.2. The lowest BCUT2D eigenvalue weighted by atomic mass is 9.95. The number of fused-ring (bicyclic) bond motifs is 2. The highest BCUT2D eigenvalue weighted by Gasteiger charge is 2.28. The fourth-order valence-corrected chi connectivity index (χ4v) is 5.67. The summed E-state index contributed by atoms with van der Waals surface area (Å²) in [6.07, 6.45) is 11.1. The molecule has 3 aromatic rings. The number of carbonyl (C=O) groups excluding carboxylic acids is 1. The average molecular weight is 515 g/mol. The van der Waals surface area contributed by atoms with Crippen LogP contribution < -0.4 is 15.4 Å². The first-order chi connectivity index (χ1) is 18.5. The number of aromatic amines is 1. The van der Waals surface area contributed by atoms with Crippen LogP contribution in [0.4, 0.5) is 4.39 Å². The first-order valence-electron chi connectivity index (χ1n) is 12.9. The van der Waals surface area contributed by atoms with Crippen LogP contribution in [-0.2, 0) is 6.54 Å². The Morgan fingerprint density at radius 3 is 3.03 bits per heavy atom. The summed E-state index contributed by atoms with van der Waals surface area (Å²) in [6, 6.07) is 10.5. The summed E-state index contributed by atoms with van der Waals surface area (Å²) < 4.78 is 19.9. The van der Waals surface area contributed by atoms with Gasteiger partial charge in [-0.2, -0.15) is 5.10 Å². The number of amides is 1. The number of allylic oxidation sites excluding steroid dienone is 2. The maximum absolute atomic E-state index is 14.5. The number of piperidine rings is 1. The number of ether oxygens (including phenoxy) is 1. The number of nitrogens with one attached hydrogen (secondary N) is 3. The molecule has 3 aliphatic rings. The quantitative estimate of drug-likeness (QED) is 0.462. The van der Waals surface area contributed by atoms with Crippen molar-refractivity contribution >= 4 is 22.4 Å². The minimum atomic E-state index is -0.275. The second kappa shape index (κ2) is 9.98. The van der Waals surface area contributed by atoms with Gasteiger partial charge in [0.1, 0.15) is 23.4 Å². The van der Waals surface area contributed by atoms with E-state index in [1.807, 2.05) is 42.9 Å². The molecule has 0 aliphatic carbocycles. The van der Waals surface area contributed by atoms with Gasteiger partial charge in [0.05, 0.1) is 12.6 Å². The Bertz CT molecular complexity index is 1460. The molecule has 0 radical (unpaired) electrons. The monoisotopic (exact) mass is 514 g/mol. The number of halogens is 1. The third-order valence-electron chi connectivity index (χ3n) is 7.43.